The van der Waals surface area contributed by atoms with Crippen LogP contribution in [0.2, 0.25) is 0 Å². The number of phenolic OH excluding ortho intramolecular Hbond substituents is 1. The molecule has 0 aliphatic carbocycles. The Labute approximate surface area is 202 Å². The molecule has 0 aliphatic heterocycles. The van der Waals surface area contributed by atoms with Crippen LogP contribution in [0.25, 0.3) is 0 Å². The number of phenols is 1. The van der Waals surface area contributed by atoms with E-state index in [4.69, 9.17) is 0 Å². The van der Waals surface area contributed by atoms with Gasteiger partial charge in [0.25, 0.3) is 5.91 Å². The van der Waals surface area contributed by atoms with E-state index in [9.17, 15) is 27.9 Å². The molecule has 0 aliphatic rings. The molecule has 0 unspecified atom stereocenters. The quantitative estimate of drug-likeness (QED) is 0.337. The summed E-state index contributed by atoms with van der Waals surface area (Å²) in [4.78, 5) is 23.9. The number of halogens is 3. The van der Waals surface area contributed by atoms with Crippen molar-refractivity contribution in [2.75, 3.05) is 11.9 Å². The van der Waals surface area contributed by atoms with Crippen LogP contribution in [0.15, 0.2) is 41.5 Å². The number of nitrogens with one attached hydrogen (secondary N) is 3. The molecular formula is C25H31F3N4O3. The third kappa shape index (κ3) is 8.01. The van der Waals surface area contributed by atoms with Gasteiger partial charge in [0.15, 0.2) is 0 Å². The van der Waals surface area contributed by atoms with Crippen LogP contribution in [-0.2, 0) is 21.8 Å². The van der Waals surface area contributed by atoms with Crippen LogP contribution in [0.5, 0.6) is 5.75 Å². The second kappa shape index (κ2) is 10.4. The standard InChI is InChI=1S/C25H31F3N4O3/c1-23(2,3)18-10-15(11-19(21(18)34)24(4,5)6)13-30-32-20(33)14-29-22(35)31-17-9-7-8-16(12-17)25(26,27)28/h7-13,34H,14H2,1-6H3,(H,32,33)(H2,29,31,35)/b30-13+. The summed E-state index contributed by atoms with van der Waals surface area (Å²) in [5.41, 5.74) is 2.83. The van der Waals surface area contributed by atoms with E-state index >= 15 is 0 Å². The Morgan fingerprint density at radius 2 is 1.54 bits per heavy atom. The summed E-state index contributed by atoms with van der Waals surface area (Å²) in [7, 11) is 0. The first-order valence-electron chi connectivity index (χ1n) is 10.9. The highest BCUT2D eigenvalue weighted by molar-refractivity contribution is 5.92. The molecule has 2 aromatic rings. The summed E-state index contributed by atoms with van der Waals surface area (Å²) >= 11 is 0. The third-order valence-electron chi connectivity index (χ3n) is 5.01. The molecule has 7 nitrogen and oxygen atoms in total. The molecule has 35 heavy (non-hydrogen) atoms. The number of hydrogen-bond acceptors (Lipinski definition) is 4. The maximum Gasteiger partial charge on any atom is 0.416 e. The average Bonchev–Trinajstić information content (AvgIpc) is 2.71. The molecule has 0 fully saturated rings. The number of carbonyl (C=O) groups excluding carboxylic acids is 2. The Morgan fingerprint density at radius 1 is 0.971 bits per heavy atom. The molecule has 2 aromatic carbocycles. The van der Waals surface area contributed by atoms with Gasteiger partial charge in [-0.05, 0) is 46.7 Å². The van der Waals surface area contributed by atoms with Gasteiger partial charge < -0.3 is 15.7 Å². The summed E-state index contributed by atoms with van der Waals surface area (Å²) in [6, 6.07) is 6.89. The van der Waals surface area contributed by atoms with Crippen LogP contribution in [0.4, 0.5) is 23.7 Å². The topological polar surface area (TPSA) is 103 Å². The monoisotopic (exact) mass is 492 g/mol. The van der Waals surface area contributed by atoms with E-state index in [0.29, 0.717) is 5.56 Å². The van der Waals surface area contributed by atoms with Crippen molar-refractivity contribution in [3.63, 3.8) is 0 Å². The summed E-state index contributed by atoms with van der Waals surface area (Å²) in [5.74, 6) is -0.409. The predicted octanol–water partition coefficient (Wildman–Crippen LogP) is 5.28. The van der Waals surface area contributed by atoms with Crippen LogP contribution < -0.4 is 16.1 Å². The molecule has 190 valence electrons. The smallest absolute Gasteiger partial charge is 0.416 e. The normalized spacial score (nSPS) is 12.5. The zero-order valence-electron chi connectivity index (χ0n) is 20.6. The fraction of sp³-hybridized carbons (Fsp3) is 0.400. The van der Waals surface area contributed by atoms with Crippen LogP contribution in [-0.4, -0.2) is 29.8 Å². The highest BCUT2D eigenvalue weighted by atomic mass is 19.4. The SMILES string of the molecule is CC(C)(C)c1cc(/C=N/NC(=O)CNC(=O)Nc2cccc(C(F)(F)F)c2)cc(C(C)(C)C)c1O. The molecule has 10 heteroatoms. The van der Waals surface area contributed by atoms with Crippen molar-refractivity contribution < 1.29 is 27.9 Å². The molecule has 0 atom stereocenters. The highest BCUT2D eigenvalue weighted by Gasteiger charge is 2.30. The lowest BCUT2D eigenvalue weighted by Crippen LogP contribution is -2.37. The van der Waals surface area contributed by atoms with E-state index < -0.39 is 30.2 Å². The third-order valence-corrected chi connectivity index (χ3v) is 5.01. The van der Waals surface area contributed by atoms with Gasteiger partial charge in [0, 0.05) is 16.8 Å². The number of hydrazone groups is 1. The fourth-order valence-electron chi connectivity index (χ4n) is 3.20. The van der Waals surface area contributed by atoms with E-state index in [-0.39, 0.29) is 22.3 Å². The fourth-order valence-corrected chi connectivity index (χ4v) is 3.20. The summed E-state index contributed by atoms with van der Waals surface area (Å²) < 4.78 is 38.3. The Hall–Kier alpha value is -3.56. The van der Waals surface area contributed by atoms with Crippen LogP contribution in [0, 0.1) is 0 Å². The number of anilines is 1. The van der Waals surface area contributed by atoms with Gasteiger partial charge in [0.05, 0.1) is 11.8 Å². The largest absolute Gasteiger partial charge is 0.507 e. The summed E-state index contributed by atoms with van der Waals surface area (Å²) in [5, 5.41) is 19.2. The maximum absolute atomic E-state index is 12.8. The van der Waals surface area contributed by atoms with Crippen molar-refractivity contribution in [3.05, 3.63) is 58.7 Å². The van der Waals surface area contributed by atoms with Crippen molar-refractivity contribution in [1.29, 1.82) is 0 Å². The number of amides is 3. The molecule has 0 radical (unpaired) electrons. The van der Waals surface area contributed by atoms with Gasteiger partial charge in [-0.2, -0.15) is 18.3 Å². The minimum Gasteiger partial charge on any atom is -0.507 e. The van der Waals surface area contributed by atoms with Crippen molar-refractivity contribution in [2.45, 2.75) is 58.5 Å². The molecule has 0 spiro atoms. The molecule has 4 N–H and O–H groups in total. The number of nitrogens with zero attached hydrogens (tertiary/aromatic N) is 1. The van der Waals surface area contributed by atoms with Crippen molar-refractivity contribution in [3.8, 4) is 5.75 Å². The van der Waals surface area contributed by atoms with E-state index in [1.54, 1.807) is 12.1 Å². The Balaban J connectivity index is 2.00. The Morgan fingerprint density at radius 3 is 2.06 bits per heavy atom. The molecule has 2 rings (SSSR count). The minimum absolute atomic E-state index is 0.0626. The molecule has 0 saturated heterocycles. The maximum atomic E-state index is 12.8. The van der Waals surface area contributed by atoms with Crippen LogP contribution in [0.1, 0.15) is 63.8 Å². The van der Waals surface area contributed by atoms with E-state index in [1.165, 1.54) is 18.3 Å². The number of hydrogen-bond donors (Lipinski definition) is 4. The lowest BCUT2D eigenvalue weighted by atomic mass is 9.78. The highest BCUT2D eigenvalue weighted by Crippen LogP contribution is 2.39. The Kier molecular flexibility index (Phi) is 8.20. The number of urea groups is 1. The second-order valence-electron chi connectivity index (χ2n) is 10.1. The number of benzene rings is 2. The molecule has 0 heterocycles. The van der Waals surface area contributed by atoms with Gasteiger partial charge in [-0.15, -0.1) is 0 Å². The van der Waals surface area contributed by atoms with Gasteiger partial charge >= 0.3 is 12.2 Å². The molecule has 0 aromatic heterocycles. The number of carbonyl (C=O) groups is 2. The lowest BCUT2D eigenvalue weighted by molar-refractivity contribution is -0.137. The average molecular weight is 493 g/mol. The van der Waals surface area contributed by atoms with Gasteiger partial charge in [-0.1, -0.05) is 47.6 Å². The minimum atomic E-state index is -4.54. The van der Waals surface area contributed by atoms with Crippen molar-refractivity contribution in [1.82, 2.24) is 10.7 Å². The predicted molar refractivity (Wildman–Crippen MR) is 130 cm³/mol. The second-order valence-corrected chi connectivity index (χ2v) is 10.1. The lowest BCUT2D eigenvalue weighted by Gasteiger charge is -2.27. The number of rotatable bonds is 5. The summed E-state index contributed by atoms with van der Waals surface area (Å²) in [6.45, 7) is 11.4. The molecular weight excluding hydrogens is 461 g/mol. The van der Waals surface area contributed by atoms with Gasteiger partial charge in [-0.25, -0.2) is 10.2 Å². The number of alkyl halides is 3. The van der Waals surface area contributed by atoms with Gasteiger partial charge in [0.1, 0.15) is 12.3 Å². The van der Waals surface area contributed by atoms with E-state index in [0.717, 1.165) is 23.3 Å². The van der Waals surface area contributed by atoms with Crippen molar-refractivity contribution in [2.24, 2.45) is 5.10 Å². The molecule has 3 amide bonds. The first kappa shape index (κ1) is 27.7. The van der Waals surface area contributed by atoms with E-state index in [2.05, 4.69) is 21.2 Å². The van der Waals surface area contributed by atoms with E-state index in [1.807, 2.05) is 41.5 Å². The molecule has 0 bridgehead atoms. The van der Waals surface area contributed by atoms with Crippen LogP contribution in [0.3, 0.4) is 0 Å². The van der Waals surface area contributed by atoms with Crippen molar-refractivity contribution >= 4 is 23.8 Å². The molecule has 0 saturated carbocycles. The summed E-state index contributed by atoms with van der Waals surface area (Å²) in [6.07, 6.45) is -3.10. The van der Waals surface area contributed by atoms with Crippen LogP contribution >= 0.6 is 0 Å². The first-order chi connectivity index (χ1) is 16.0. The Bertz CT molecular complexity index is 1080. The zero-order valence-corrected chi connectivity index (χ0v) is 20.6. The zero-order chi connectivity index (χ0) is 26.6. The van der Waals surface area contributed by atoms with Gasteiger partial charge in [-0.3, -0.25) is 4.79 Å². The first-order valence-corrected chi connectivity index (χ1v) is 10.9. The van der Waals surface area contributed by atoms with Gasteiger partial charge in [0.2, 0.25) is 0 Å². The number of aromatic hydroxyl groups is 1.